The molecule has 0 unspecified atom stereocenters. The third-order valence-corrected chi connectivity index (χ3v) is 5.97. The Kier molecular flexibility index (Phi) is 6.15. The highest BCUT2D eigenvalue weighted by Gasteiger charge is 2.32. The zero-order chi connectivity index (χ0) is 25.4. The Hall–Kier alpha value is -4.07. The number of fused-ring (bicyclic) bond motifs is 1. The summed E-state index contributed by atoms with van der Waals surface area (Å²) in [5.74, 6) is 1.10. The highest BCUT2D eigenvalue weighted by atomic mass is 19.4. The van der Waals surface area contributed by atoms with Crippen LogP contribution in [-0.2, 0) is 19.3 Å². The average molecular weight is 485 g/mol. The number of anilines is 1. The van der Waals surface area contributed by atoms with Crippen LogP contribution in [0.3, 0.4) is 0 Å². The molecule has 35 heavy (non-hydrogen) atoms. The largest absolute Gasteiger partial charge is 0.473 e. The van der Waals surface area contributed by atoms with Crippen molar-refractivity contribution in [1.82, 2.24) is 14.5 Å². The van der Waals surface area contributed by atoms with Crippen molar-refractivity contribution in [3.05, 3.63) is 69.9 Å². The molecular formula is C24H22F3N5O3. The molecule has 1 aliphatic rings. The quantitative estimate of drug-likeness (QED) is 0.525. The number of ether oxygens (including phenoxy) is 2. The van der Waals surface area contributed by atoms with E-state index in [1.807, 2.05) is 18.0 Å². The van der Waals surface area contributed by atoms with Gasteiger partial charge in [0, 0.05) is 25.2 Å². The van der Waals surface area contributed by atoms with Crippen molar-refractivity contribution in [3.63, 3.8) is 0 Å². The lowest BCUT2D eigenvalue weighted by atomic mass is 9.96. The van der Waals surface area contributed by atoms with Crippen LogP contribution in [0.4, 0.5) is 19.0 Å². The maximum atomic E-state index is 12.7. The van der Waals surface area contributed by atoms with Crippen LogP contribution in [0.2, 0.25) is 0 Å². The molecule has 0 aliphatic carbocycles. The van der Waals surface area contributed by atoms with Gasteiger partial charge in [0.1, 0.15) is 35.7 Å². The lowest BCUT2D eigenvalue weighted by molar-refractivity contribution is -0.141. The molecule has 0 atom stereocenters. The predicted octanol–water partition coefficient (Wildman–Crippen LogP) is 4.52. The van der Waals surface area contributed by atoms with Crippen LogP contribution in [0.15, 0.2) is 47.4 Å². The van der Waals surface area contributed by atoms with Crippen LogP contribution in [0.5, 0.6) is 17.4 Å². The summed E-state index contributed by atoms with van der Waals surface area (Å²) in [6.07, 6.45) is -2.80. The van der Waals surface area contributed by atoms with Crippen molar-refractivity contribution in [2.75, 3.05) is 11.9 Å². The zero-order valence-corrected chi connectivity index (χ0v) is 19.3. The second-order valence-electron chi connectivity index (χ2n) is 8.72. The Morgan fingerprint density at radius 1 is 1.20 bits per heavy atom. The number of halogens is 3. The van der Waals surface area contributed by atoms with Gasteiger partial charge in [-0.1, -0.05) is 6.07 Å². The normalized spacial score (nSPS) is 14.7. The molecule has 0 radical (unpaired) electrons. The Bertz CT molecular complexity index is 1340. The minimum absolute atomic E-state index is 0.0415. The van der Waals surface area contributed by atoms with Crippen LogP contribution in [0, 0.1) is 11.3 Å². The third kappa shape index (κ3) is 5.06. The number of benzene rings is 1. The molecule has 0 spiro atoms. The van der Waals surface area contributed by atoms with Crippen molar-refractivity contribution in [3.8, 4) is 23.4 Å². The summed E-state index contributed by atoms with van der Waals surface area (Å²) >= 11 is 0. The predicted molar refractivity (Wildman–Crippen MR) is 120 cm³/mol. The summed E-state index contributed by atoms with van der Waals surface area (Å²) in [6.45, 7) is 4.80. The molecule has 2 aromatic heterocycles. The minimum atomic E-state index is -4.55. The van der Waals surface area contributed by atoms with E-state index < -0.39 is 17.6 Å². The molecule has 0 N–H and O–H groups in total. The van der Waals surface area contributed by atoms with Crippen LogP contribution in [0.1, 0.15) is 37.1 Å². The average Bonchev–Trinajstić information content (AvgIpc) is 2.81. The van der Waals surface area contributed by atoms with E-state index in [4.69, 9.17) is 9.47 Å². The summed E-state index contributed by atoms with van der Waals surface area (Å²) in [6, 6.07) is 10.3. The first-order valence-corrected chi connectivity index (χ1v) is 10.7. The monoisotopic (exact) mass is 485 g/mol. The number of alkyl halides is 3. The number of aromatic nitrogens is 3. The maximum absolute atomic E-state index is 12.7. The first kappa shape index (κ1) is 24.1. The lowest BCUT2D eigenvalue weighted by Gasteiger charge is -2.42. The van der Waals surface area contributed by atoms with Crippen molar-refractivity contribution < 1.29 is 22.6 Å². The lowest BCUT2D eigenvalue weighted by Crippen LogP contribution is -2.49. The molecule has 0 saturated heterocycles. The summed E-state index contributed by atoms with van der Waals surface area (Å²) in [5, 5.41) is 9.51. The van der Waals surface area contributed by atoms with Crippen molar-refractivity contribution in [2.24, 2.45) is 0 Å². The third-order valence-electron chi connectivity index (χ3n) is 5.97. The summed E-state index contributed by atoms with van der Waals surface area (Å²) in [7, 11) is 1.91. The van der Waals surface area contributed by atoms with Crippen LogP contribution < -0.4 is 20.1 Å². The fourth-order valence-electron chi connectivity index (χ4n) is 3.63. The molecule has 0 saturated carbocycles. The first-order chi connectivity index (χ1) is 16.5. The second kappa shape index (κ2) is 8.94. The smallest absolute Gasteiger partial charge is 0.433 e. The number of hydrogen-bond donors (Lipinski definition) is 0. The Balaban J connectivity index is 1.49. The van der Waals surface area contributed by atoms with Gasteiger partial charge in [-0.3, -0.25) is 4.57 Å². The van der Waals surface area contributed by atoms with E-state index in [1.54, 1.807) is 16.7 Å². The van der Waals surface area contributed by atoms with Gasteiger partial charge >= 0.3 is 11.9 Å². The van der Waals surface area contributed by atoms with E-state index >= 15 is 0 Å². The van der Waals surface area contributed by atoms with Gasteiger partial charge in [-0.2, -0.15) is 23.4 Å². The summed E-state index contributed by atoms with van der Waals surface area (Å²) < 4.78 is 50.9. The van der Waals surface area contributed by atoms with E-state index in [0.717, 1.165) is 24.8 Å². The van der Waals surface area contributed by atoms with Crippen LogP contribution in [-0.4, -0.2) is 27.1 Å². The van der Waals surface area contributed by atoms with Gasteiger partial charge in [0.2, 0.25) is 5.88 Å². The van der Waals surface area contributed by atoms with E-state index in [9.17, 15) is 23.2 Å². The Morgan fingerprint density at radius 2 is 1.97 bits per heavy atom. The molecule has 0 amide bonds. The number of nitriles is 1. The standard InChI is InChI=1S/C24H22F3N5O3/c1-23(2)8-9-32-21(31(23)3)11-20(30-22(32)33)34-14-15-4-6-18(16(10-15)12-28)35-17-5-7-19(29-13-17)24(25,26)27/h4-7,10-11,13H,8-9,14H2,1-3H3. The molecule has 1 aromatic carbocycles. The van der Waals surface area contributed by atoms with Crippen molar-refractivity contribution in [1.29, 1.82) is 5.26 Å². The van der Waals surface area contributed by atoms with Gasteiger partial charge < -0.3 is 14.4 Å². The molecule has 0 bridgehead atoms. The Morgan fingerprint density at radius 3 is 2.63 bits per heavy atom. The number of rotatable bonds is 5. The highest BCUT2D eigenvalue weighted by Crippen LogP contribution is 2.32. The summed E-state index contributed by atoms with van der Waals surface area (Å²) in [5.41, 5.74) is -0.779. The van der Waals surface area contributed by atoms with Gasteiger partial charge in [0.05, 0.1) is 11.8 Å². The summed E-state index contributed by atoms with van der Waals surface area (Å²) in [4.78, 5) is 21.8. The molecule has 3 heterocycles. The molecule has 0 fully saturated rings. The zero-order valence-electron chi connectivity index (χ0n) is 19.3. The van der Waals surface area contributed by atoms with Crippen LogP contribution in [0.25, 0.3) is 0 Å². The fourth-order valence-corrected chi connectivity index (χ4v) is 3.63. The van der Waals surface area contributed by atoms with E-state index in [-0.39, 0.29) is 35.1 Å². The molecule has 3 aromatic rings. The van der Waals surface area contributed by atoms with Gasteiger partial charge in [-0.25, -0.2) is 9.78 Å². The minimum Gasteiger partial charge on any atom is -0.473 e. The molecule has 8 nitrogen and oxygen atoms in total. The van der Waals surface area contributed by atoms with E-state index in [2.05, 4.69) is 23.8 Å². The second-order valence-corrected chi connectivity index (χ2v) is 8.72. The van der Waals surface area contributed by atoms with Crippen LogP contribution >= 0.6 is 0 Å². The Labute approximate surface area is 199 Å². The molecule has 4 rings (SSSR count). The molecule has 1 aliphatic heterocycles. The van der Waals surface area contributed by atoms with Crippen molar-refractivity contribution >= 4 is 5.82 Å². The SMILES string of the molecule is CN1c2cc(OCc3ccc(Oc4ccc(C(F)(F)F)nc4)c(C#N)c3)nc(=O)n2CCC1(C)C. The molecule has 11 heteroatoms. The fraction of sp³-hybridized carbons (Fsp3) is 0.333. The number of nitrogens with zero attached hydrogens (tertiary/aromatic N) is 5. The number of hydrogen-bond acceptors (Lipinski definition) is 7. The number of pyridine rings is 1. The molecule has 182 valence electrons. The van der Waals surface area contributed by atoms with Gasteiger partial charge in [-0.05, 0) is 50.1 Å². The topological polar surface area (TPSA) is 93.3 Å². The van der Waals surface area contributed by atoms with Gasteiger partial charge in [-0.15, -0.1) is 0 Å². The molecular weight excluding hydrogens is 463 g/mol. The maximum Gasteiger partial charge on any atom is 0.433 e. The van der Waals surface area contributed by atoms with E-state index in [1.165, 1.54) is 12.1 Å². The highest BCUT2D eigenvalue weighted by molar-refractivity contribution is 5.48. The van der Waals surface area contributed by atoms with Gasteiger partial charge in [0.15, 0.2) is 0 Å². The van der Waals surface area contributed by atoms with Crippen molar-refractivity contribution in [2.45, 2.75) is 45.1 Å². The van der Waals surface area contributed by atoms with E-state index in [0.29, 0.717) is 17.9 Å². The first-order valence-electron chi connectivity index (χ1n) is 10.7. The van der Waals surface area contributed by atoms with Gasteiger partial charge in [0.25, 0.3) is 0 Å².